The Morgan fingerprint density at radius 1 is 1.35 bits per heavy atom. The van der Waals surface area contributed by atoms with Crippen LogP contribution in [-0.4, -0.2) is 43.1 Å². The van der Waals surface area contributed by atoms with E-state index in [2.05, 4.69) is 18.7 Å². The van der Waals surface area contributed by atoms with Crippen LogP contribution in [0.4, 0.5) is 11.4 Å². The highest BCUT2D eigenvalue weighted by Crippen LogP contribution is 2.35. The summed E-state index contributed by atoms with van der Waals surface area (Å²) < 4.78 is 5.99. The van der Waals surface area contributed by atoms with Gasteiger partial charge >= 0.3 is 0 Å². The van der Waals surface area contributed by atoms with E-state index in [1.54, 1.807) is 0 Å². The summed E-state index contributed by atoms with van der Waals surface area (Å²) >= 11 is 0. The molecule has 3 rings (SSSR count). The van der Waals surface area contributed by atoms with Crippen molar-refractivity contribution in [2.24, 2.45) is 5.92 Å². The molecule has 0 bridgehead atoms. The molecule has 0 radical (unpaired) electrons. The molecule has 1 atom stereocenters. The maximum Gasteiger partial charge on any atom is 0.242 e. The van der Waals surface area contributed by atoms with Crippen LogP contribution < -0.4 is 15.4 Å². The van der Waals surface area contributed by atoms with Crippen LogP contribution in [-0.2, 0) is 4.79 Å². The third-order valence-corrected chi connectivity index (χ3v) is 4.96. The number of rotatable bonds is 3. The lowest BCUT2D eigenvalue weighted by molar-refractivity contribution is -0.131. The lowest BCUT2D eigenvalue weighted by atomic mass is 9.99. The zero-order chi connectivity index (χ0) is 16.4. The van der Waals surface area contributed by atoms with E-state index in [1.165, 1.54) is 0 Å². The predicted molar refractivity (Wildman–Crippen MR) is 92.8 cm³/mol. The Labute approximate surface area is 138 Å². The van der Waals surface area contributed by atoms with Crippen molar-refractivity contribution in [3.63, 3.8) is 0 Å². The number of amides is 1. The number of nitrogens with zero attached hydrogens (tertiary/aromatic N) is 2. The molecule has 5 heteroatoms. The van der Waals surface area contributed by atoms with E-state index in [9.17, 15) is 4.79 Å². The first-order chi connectivity index (χ1) is 11.1. The van der Waals surface area contributed by atoms with Crippen molar-refractivity contribution >= 4 is 17.3 Å². The number of carbonyl (C=O) groups is 1. The van der Waals surface area contributed by atoms with E-state index in [1.807, 2.05) is 23.1 Å². The monoisotopic (exact) mass is 317 g/mol. The molecule has 1 aromatic rings. The molecule has 1 aromatic carbocycles. The number of likely N-dealkylation sites (tertiary alicyclic amines) is 1. The third kappa shape index (κ3) is 3.54. The Morgan fingerprint density at radius 2 is 2.09 bits per heavy atom. The van der Waals surface area contributed by atoms with Crippen molar-refractivity contribution < 1.29 is 9.53 Å². The van der Waals surface area contributed by atoms with Gasteiger partial charge in [-0.15, -0.1) is 0 Å². The molecule has 23 heavy (non-hydrogen) atoms. The maximum atomic E-state index is 12.7. The van der Waals surface area contributed by atoms with Gasteiger partial charge in [0, 0.05) is 18.8 Å². The van der Waals surface area contributed by atoms with Crippen LogP contribution in [0.2, 0.25) is 0 Å². The van der Waals surface area contributed by atoms with Gasteiger partial charge in [-0.2, -0.15) is 0 Å². The standard InChI is InChI=1S/C18H27N3O2/c1-3-15-11-21(16-10-14(19)4-5-17(16)23-15)12-18(22)20-8-6-13(2)7-9-20/h4-5,10,13,15H,3,6-9,11-12,19H2,1-2H3. The minimum absolute atomic E-state index is 0.125. The number of fused-ring (bicyclic) bond motifs is 1. The molecule has 2 aliphatic heterocycles. The summed E-state index contributed by atoms with van der Waals surface area (Å²) in [4.78, 5) is 16.8. The van der Waals surface area contributed by atoms with E-state index in [0.29, 0.717) is 12.2 Å². The molecule has 2 N–H and O–H groups in total. The van der Waals surface area contributed by atoms with Crippen LogP contribution >= 0.6 is 0 Å². The Hall–Kier alpha value is -1.91. The van der Waals surface area contributed by atoms with Crippen molar-refractivity contribution in [1.29, 1.82) is 0 Å². The maximum absolute atomic E-state index is 12.7. The zero-order valence-corrected chi connectivity index (χ0v) is 14.1. The predicted octanol–water partition coefficient (Wildman–Crippen LogP) is 2.50. The van der Waals surface area contributed by atoms with E-state index in [-0.39, 0.29) is 12.0 Å². The topological polar surface area (TPSA) is 58.8 Å². The van der Waals surface area contributed by atoms with Gasteiger partial charge in [-0.1, -0.05) is 13.8 Å². The molecule has 0 aromatic heterocycles. The van der Waals surface area contributed by atoms with Crippen LogP contribution in [0, 0.1) is 5.92 Å². The minimum atomic E-state index is 0.125. The largest absolute Gasteiger partial charge is 0.486 e. The van der Waals surface area contributed by atoms with E-state index in [4.69, 9.17) is 10.5 Å². The van der Waals surface area contributed by atoms with Gasteiger partial charge in [0.25, 0.3) is 0 Å². The summed E-state index contributed by atoms with van der Waals surface area (Å²) in [6.45, 7) is 7.28. The second-order valence-electron chi connectivity index (χ2n) is 6.82. The molecule has 126 valence electrons. The Kier molecular flexibility index (Phi) is 4.64. The van der Waals surface area contributed by atoms with Gasteiger partial charge in [0.15, 0.2) is 0 Å². The number of hydrogen-bond acceptors (Lipinski definition) is 4. The summed E-state index contributed by atoms with van der Waals surface area (Å²) in [6.07, 6.45) is 3.27. The number of nitrogen functional groups attached to an aromatic ring is 1. The molecular formula is C18H27N3O2. The van der Waals surface area contributed by atoms with Crippen LogP contribution in [0.5, 0.6) is 5.75 Å². The van der Waals surface area contributed by atoms with Gasteiger partial charge in [-0.25, -0.2) is 0 Å². The Balaban J connectivity index is 1.74. The first kappa shape index (κ1) is 16.0. The number of ether oxygens (including phenoxy) is 1. The van der Waals surface area contributed by atoms with E-state index < -0.39 is 0 Å². The smallest absolute Gasteiger partial charge is 0.242 e. The average molecular weight is 317 g/mol. The van der Waals surface area contributed by atoms with Crippen molar-refractivity contribution in [2.75, 3.05) is 36.8 Å². The number of piperidine rings is 1. The number of nitrogens with two attached hydrogens (primary N) is 1. The molecule has 2 aliphatic rings. The normalized spacial score (nSPS) is 21.7. The zero-order valence-electron chi connectivity index (χ0n) is 14.1. The van der Waals surface area contributed by atoms with Gasteiger partial charge in [0.2, 0.25) is 5.91 Å². The van der Waals surface area contributed by atoms with Crippen LogP contribution in [0.15, 0.2) is 18.2 Å². The Bertz CT molecular complexity index is 567. The van der Waals surface area contributed by atoms with Crippen molar-refractivity contribution in [2.45, 2.75) is 39.2 Å². The van der Waals surface area contributed by atoms with Gasteiger partial charge in [-0.3, -0.25) is 4.79 Å². The van der Waals surface area contributed by atoms with Gasteiger partial charge in [0.1, 0.15) is 11.9 Å². The molecule has 1 amide bonds. The second-order valence-corrected chi connectivity index (χ2v) is 6.82. The van der Waals surface area contributed by atoms with Gasteiger partial charge in [-0.05, 0) is 43.4 Å². The summed E-state index contributed by atoms with van der Waals surface area (Å²) in [5.74, 6) is 1.77. The number of anilines is 2. The quantitative estimate of drug-likeness (QED) is 0.870. The van der Waals surface area contributed by atoms with Crippen LogP contribution in [0.3, 0.4) is 0 Å². The molecular weight excluding hydrogens is 290 g/mol. The number of carbonyl (C=O) groups excluding carboxylic acids is 1. The second kappa shape index (κ2) is 6.69. The molecule has 0 spiro atoms. The van der Waals surface area contributed by atoms with E-state index in [0.717, 1.165) is 56.3 Å². The fraction of sp³-hybridized carbons (Fsp3) is 0.611. The van der Waals surface area contributed by atoms with Crippen molar-refractivity contribution in [3.8, 4) is 5.75 Å². The molecule has 1 fully saturated rings. The van der Waals surface area contributed by atoms with Crippen molar-refractivity contribution in [3.05, 3.63) is 18.2 Å². The average Bonchev–Trinajstić information content (AvgIpc) is 2.55. The molecule has 0 saturated carbocycles. The minimum Gasteiger partial charge on any atom is -0.486 e. The molecule has 5 nitrogen and oxygen atoms in total. The molecule has 1 saturated heterocycles. The summed E-state index contributed by atoms with van der Waals surface area (Å²) in [5, 5.41) is 0. The molecule has 1 unspecified atom stereocenters. The first-order valence-corrected chi connectivity index (χ1v) is 8.65. The number of benzene rings is 1. The summed E-state index contributed by atoms with van der Waals surface area (Å²) in [7, 11) is 0. The molecule has 2 heterocycles. The van der Waals surface area contributed by atoms with Gasteiger partial charge in [0.05, 0.1) is 18.8 Å². The summed E-state index contributed by atoms with van der Waals surface area (Å²) in [5.41, 5.74) is 7.56. The lowest BCUT2D eigenvalue weighted by Crippen LogP contribution is -2.48. The fourth-order valence-electron chi connectivity index (χ4n) is 3.33. The number of hydrogen-bond donors (Lipinski definition) is 1. The molecule has 0 aliphatic carbocycles. The Morgan fingerprint density at radius 3 is 2.78 bits per heavy atom. The first-order valence-electron chi connectivity index (χ1n) is 8.65. The highest BCUT2D eigenvalue weighted by Gasteiger charge is 2.28. The lowest BCUT2D eigenvalue weighted by Gasteiger charge is -2.38. The van der Waals surface area contributed by atoms with E-state index >= 15 is 0 Å². The highest BCUT2D eigenvalue weighted by atomic mass is 16.5. The van der Waals surface area contributed by atoms with Gasteiger partial charge < -0.3 is 20.3 Å². The fourth-order valence-corrected chi connectivity index (χ4v) is 3.33. The SMILES string of the molecule is CCC1CN(CC(=O)N2CCC(C)CC2)c2cc(N)ccc2O1. The summed E-state index contributed by atoms with van der Waals surface area (Å²) in [6, 6.07) is 5.67. The van der Waals surface area contributed by atoms with Crippen LogP contribution in [0.25, 0.3) is 0 Å². The highest BCUT2D eigenvalue weighted by molar-refractivity contribution is 5.83. The van der Waals surface area contributed by atoms with Crippen LogP contribution in [0.1, 0.15) is 33.1 Å². The third-order valence-electron chi connectivity index (χ3n) is 4.96. The van der Waals surface area contributed by atoms with Crippen molar-refractivity contribution in [1.82, 2.24) is 4.90 Å².